The molecule has 4 heteroatoms. The van der Waals surface area contributed by atoms with E-state index in [4.69, 9.17) is 4.74 Å². The maximum Gasteiger partial charge on any atom is 0.306 e. The van der Waals surface area contributed by atoms with Crippen molar-refractivity contribution < 1.29 is 9.53 Å². The van der Waals surface area contributed by atoms with E-state index in [0.29, 0.717) is 13.0 Å². The number of nitrogens with zero attached hydrogens (tertiary/aromatic N) is 1. The molecule has 1 aromatic carbocycles. The highest BCUT2D eigenvalue weighted by Gasteiger charge is 2.09. The Balaban J connectivity index is 1.72. The van der Waals surface area contributed by atoms with Crippen LogP contribution < -0.4 is 5.32 Å². The summed E-state index contributed by atoms with van der Waals surface area (Å²) >= 11 is 0. The molecule has 0 aliphatic carbocycles. The molecule has 4 nitrogen and oxygen atoms in total. The summed E-state index contributed by atoms with van der Waals surface area (Å²) in [5.74, 6) is -0.111. The molecule has 1 aromatic rings. The lowest BCUT2D eigenvalue weighted by Crippen LogP contribution is -2.44. The second kappa shape index (κ2) is 8.80. The second-order valence-corrected chi connectivity index (χ2v) is 5.46. The second-order valence-electron chi connectivity index (χ2n) is 5.46. The lowest BCUT2D eigenvalue weighted by molar-refractivity contribution is -0.143. The van der Waals surface area contributed by atoms with E-state index in [1.165, 1.54) is 11.1 Å². The number of carbonyl (C=O) groups excluding carboxylic acids is 1. The Morgan fingerprint density at radius 1 is 1.14 bits per heavy atom. The molecule has 2 rings (SSSR count). The van der Waals surface area contributed by atoms with Gasteiger partial charge in [-0.3, -0.25) is 4.79 Å². The van der Waals surface area contributed by atoms with Gasteiger partial charge < -0.3 is 15.0 Å². The smallest absolute Gasteiger partial charge is 0.306 e. The summed E-state index contributed by atoms with van der Waals surface area (Å²) in [5, 5.41) is 3.37. The molecule has 21 heavy (non-hydrogen) atoms. The lowest BCUT2D eigenvalue weighted by atomic mass is 10.1. The summed E-state index contributed by atoms with van der Waals surface area (Å²) in [7, 11) is 0. The van der Waals surface area contributed by atoms with Crippen molar-refractivity contribution in [2.75, 3.05) is 39.3 Å². The molecule has 0 aromatic heterocycles. The Morgan fingerprint density at radius 2 is 1.76 bits per heavy atom. The van der Waals surface area contributed by atoms with Gasteiger partial charge in [-0.1, -0.05) is 24.3 Å². The van der Waals surface area contributed by atoms with Crippen molar-refractivity contribution in [1.29, 1.82) is 0 Å². The van der Waals surface area contributed by atoms with Crippen molar-refractivity contribution >= 4 is 5.97 Å². The van der Waals surface area contributed by atoms with Crippen LogP contribution in [0.1, 0.15) is 24.5 Å². The standard InChI is InChI=1S/C17H26N2O2/c1-2-21-17(20)8-7-15-3-5-16(6-4-15)9-12-19-13-10-18-11-14-19/h3-6,18H,2,7-14H2,1H3. The number of aryl methyl sites for hydroxylation is 1. The van der Waals surface area contributed by atoms with Crippen LogP contribution in [0.15, 0.2) is 24.3 Å². The zero-order valence-electron chi connectivity index (χ0n) is 12.9. The molecule has 1 aliphatic rings. The third kappa shape index (κ3) is 5.86. The van der Waals surface area contributed by atoms with Crippen LogP contribution in [0.25, 0.3) is 0 Å². The Labute approximate surface area is 127 Å². The van der Waals surface area contributed by atoms with E-state index >= 15 is 0 Å². The molecule has 1 saturated heterocycles. The van der Waals surface area contributed by atoms with Gasteiger partial charge in [0.05, 0.1) is 6.61 Å². The maximum atomic E-state index is 11.3. The summed E-state index contributed by atoms with van der Waals surface area (Å²) in [5.41, 5.74) is 2.57. The first-order valence-corrected chi connectivity index (χ1v) is 7.94. The van der Waals surface area contributed by atoms with E-state index in [-0.39, 0.29) is 5.97 Å². The van der Waals surface area contributed by atoms with Crippen LogP contribution in [0, 0.1) is 0 Å². The number of ether oxygens (including phenoxy) is 1. The molecule has 1 N–H and O–H groups in total. The highest BCUT2D eigenvalue weighted by Crippen LogP contribution is 2.09. The third-order valence-electron chi connectivity index (χ3n) is 3.87. The van der Waals surface area contributed by atoms with Gasteiger partial charge in [-0.05, 0) is 30.9 Å². The Hall–Kier alpha value is -1.39. The molecule has 0 saturated carbocycles. The van der Waals surface area contributed by atoms with Gasteiger partial charge in [-0.2, -0.15) is 0 Å². The molecular formula is C17H26N2O2. The van der Waals surface area contributed by atoms with Crippen LogP contribution in [-0.4, -0.2) is 50.2 Å². The van der Waals surface area contributed by atoms with Crippen LogP contribution >= 0.6 is 0 Å². The Morgan fingerprint density at radius 3 is 2.38 bits per heavy atom. The number of esters is 1. The summed E-state index contributed by atoms with van der Waals surface area (Å²) < 4.78 is 4.94. The minimum Gasteiger partial charge on any atom is -0.466 e. The van der Waals surface area contributed by atoms with Gasteiger partial charge in [0.2, 0.25) is 0 Å². The molecule has 1 aliphatic heterocycles. The first-order valence-electron chi connectivity index (χ1n) is 7.94. The van der Waals surface area contributed by atoms with E-state index in [0.717, 1.165) is 45.6 Å². The van der Waals surface area contributed by atoms with E-state index in [2.05, 4.69) is 34.5 Å². The average Bonchev–Trinajstić information content (AvgIpc) is 2.53. The number of hydrogen-bond donors (Lipinski definition) is 1. The number of rotatable bonds is 7. The largest absolute Gasteiger partial charge is 0.466 e. The molecule has 0 amide bonds. The van der Waals surface area contributed by atoms with Crippen LogP contribution in [0.2, 0.25) is 0 Å². The van der Waals surface area contributed by atoms with Crippen LogP contribution in [0.5, 0.6) is 0 Å². The molecular weight excluding hydrogens is 264 g/mol. The predicted octanol–water partition coefficient (Wildman–Crippen LogP) is 1.63. The SMILES string of the molecule is CCOC(=O)CCc1ccc(CCN2CCNCC2)cc1. The first-order chi connectivity index (χ1) is 10.3. The van der Waals surface area contributed by atoms with E-state index in [1.54, 1.807) is 0 Å². The third-order valence-corrected chi connectivity index (χ3v) is 3.87. The Bertz CT molecular complexity index is 425. The first kappa shape index (κ1) is 16.0. The number of carbonyl (C=O) groups is 1. The molecule has 0 atom stereocenters. The number of benzene rings is 1. The van der Waals surface area contributed by atoms with E-state index in [9.17, 15) is 4.79 Å². The van der Waals surface area contributed by atoms with Crippen molar-refractivity contribution in [3.63, 3.8) is 0 Å². The molecule has 116 valence electrons. The van der Waals surface area contributed by atoms with E-state index in [1.807, 2.05) is 6.92 Å². The van der Waals surface area contributed by atoms with Crippen LogP contribution in [0.4, 0.5) is 0 Å². The normalized spacial score (nSPS) is 15.9. The van der Waals surface area contributed by atoms with Crippen molar-refractivity contribution in [2.24, 2.45) is 0 Å². The van der Waals surface area contributed by atoms with Crippen molar-refractivity contribution in [3.05, 3.63) is 35.4 Å². The predicted molar refractivity (Wildman–Crippen MR) is 84.4 cm³/mol. The minimum atomic E-state index is -0.111. The average molecular weight is 290 g/mol. The van der Waals surface area contributed by atoms with Gasteiger partial charge in [0, 0.05) is 39.1 Å². The quantitative estimate of drug-likeness (QED) is 0.775. The summed E-state index contributed by atoms with van der Waals surface area (Å²) in [6.45, 7) is 7.94. The van der Waals surface area contributed by atoms with Crippen LogP contribution in [-0.2, 0) is 22.4 Å². The number of nitrogens with one attached hydrogen (secondary N) is 1. The zero-order valence-corrected chi connectivity index (χ0v) is 12.9. The molecule has 0 spiro atoms. The molecule has 0 unspecified atom stereocenters. The zero-order chi connectivity index (χ0) is 14.9. The van der Waals surface area contributed by atoms with Gasteiger partial charge in [0.15, 0.2) is 0 Å². The van der Waals surface area contributed by atoms with Gasteiger partial charge in [-0.25, -0.2) is 0 Å². The molecule has 1 heterocycles. The minimum absolute atomic E-state index is 0.111. The van der Waals surface area contributed by atoms with Crippen molar-refractivity contribution in [1.82, 2.24) is 10.2 Å². The number of hydrogen-bond acceptors (Lipinski definition) is 4. The lowest BCUT2D eigenvalue weighted by Gasteiger charge is -2.27. The van der Waals surface area contributed by atoms with Crippen molar-refractivity contribution in [3.8, 4) is 0 Å². The van der Waals surface area contributed by atoms with Crippen molar-refractivity contribution in [2.45, 2.75) is 26.2 Å². The monoisotopic (exact) mass is 290 g/mol. The van der Waals surface area contributed by atoms with Gasteiger partial charge in [0.25, 0.3) is 0 Å². The fraction of sp³-hybridized carbons (Fsp3) is 0.588. The van der Waals surface area contributed by atoms with E-state index < -0.39 is 0 Å². The number of piperazine rings is 1. The fourth-order valence-corrected chi connectivity index (χ4v) is 2.57. The highest BCUT2D eigenvalue weighted by atomic mass is 16.5. The van der Waals surface area contributed by atoms with Crippen LogP contribution in [0.3, 0.4) is 0 Å². The molecule has 0 radical (unpaired) electrons. The summed E-state index contributed by atoms with van der Waals surface area (Å²) in [6, 6.07) is 8.63. The molecule has 0 bridgehead atoms. The van der Waals surface area contributed by atoms with Gasteiger partial charge in [-0.15, -0.1) is 0 Å². The highest BCUT2D eigenvalue weighted by molar-refractivity contribution is 5.69. The fourth-order valence-electron chi connectivity index (χ4n) is 2.57. The van der Waals surface area contributed by atoms with Gasteiger partial charge >= 0.3 is 5.97 Å². The summed E-state index contributed by atoms with van der Waals surface area (Å²) in [6.07, 6.45) is 2.32. The molecule has 1 fully saturated rings. The maximum absolute atomic E-state index is 11.3. The summed E-state index contributed by atoms with van der Waals surface area (Å²) in [4.78, 5) is 13.8. The topological polar surface area (TPSA) is 41.6 Å². The Kier molecular flexibility index (Phi) is 6.70. The van der Waals surface area contributed by atoms with Gasteiger partial charge in [0.1, 0.15) is 0 Å².